The van der Waals surface area contributed by atoms with E-state index < -0.39 is 18.3 Å². The molecule has 1 fully saturated rings. The van der Waals surface area contributed by atoms with E-state index in [0.29, 0.717) is 26.2 Å². The van der Waals surface area contributed by atoms with E-state index in [2.05, 4.69) is 5.32 Å². The zero-order chi connectivity index (χ0) is 13.1. The van der Waals surface area contributed by atoms with E-state index in [-0.39, 0.29) is 10.6 Å². The Hall–Kier alpha value is -0.780. The number of hydrogen-bond acceptors (Lipinski definition) is 2. The lowest BCUT2D eigenvalue weighted by Gasteiger charge is -2.35. The van der Waals surface area contributed by atoms with Crippen LogP contribution in [0.1, 0.15) is 11.6 Å². The predicted molar refractivity (Wildman–Crippen MR) is 64.6 cm³/mol. The molecule has 18 heavy (non-hydrogen) atoms. The maximum Gasteiger partial charge on any atom is 0.258 e. The van der Waals surface area contributed by atoms with E-state index in [1.165, 1.54) is 12.1 Å². The standard InChI is InChI=1S/C12H14ClF3N2/c13-10-7-8(14)1-2-9(10)11(12(15)16)18-5-3-17-4-6-18/h1-2,7,11-12,17H,3-6H2/t11-/m0/s1. The minimum absolute atomic E-state index is 0.0545. The molecule has 1 atom stereocenters. The predicted octanol–water partition coefficient (Wildman–Crippen LogP) is 2.69. The number of halogens is 4. The molecule has 0 aliphatic carbocycles. The molecule has 1 N–H and O–H groups in total. The quantitative estimate of drug-likeness (QED) is 0.914. The Labute approximate surface area is 109 Å². The van der Waals surface area contributed by atoms with Gasteiger partial charge in [0.05, 0.1) is 6.04 Å². The fourth-order valence-corrected chi connectivity index (χ4v) is 2.47. The highest BCUT2D eigenvalue weighted by Gasteiger charge is 2.31. The largest absolute Gasteiger partial charge is 0.314 e. The van der Waals surface area contributed by atoms with Gasteiger partial charge in [-0.1, -0.05) is 17.7 Å². The fourth-order valence-electron chi connectivity index (χ4n) is 2.19. The summed E-state index contributed by atoms with van der Waals surface area (Å²) in [4.78, 5) is 1.68. The topological polar surface area (TPSA) is 15.3 Å². The molecule has 6 heteroatoms. The van der Waals surface area contributed by atoms with E-state index in [4.69, 9.17) is 11.6 Å². The summed E-state index contributed by atoms with van der Waals surface area (Å²) in [6.45, 7) is 2.40. The van der Waals surface area contributed by atoms with Crippen LogP contribution in [-0.4, -0.2) is 37.5 Å². The highest BCUT2D eigenvalue weighted by molar-refractivity contribution is 6.31. The van der Waals surface area contributed by atoms with Crippen molar-refractivity contribution in [3.05, 3.63) is 34.6 Å². The molecule has 0 saturated carbocycles. The molecule has 1 heterocycles. The molecule has 0 bridgehead atoms. The van der Waals surface area contributed by atoms with Crippen LogP contribution in [0.2, 0.25) is 5.02 Å². The molecular formula is C12H14ClF3N2. The summed E-state index contributed by atoms with van der Waals surface area (Å²) in [5, 5.41) is 3.16. The van der Waals surface area contributed by atoms with Crippen LogP contribution >= 0.6 is 11.6 Å². The Bertz CT molecular complexity index is 408. The second kappa shape index (κ2) is 5.91. The van der Waals surface area contributed by atoms with Gasteiger partial charge < -0.3 is 5.32 Å². The van der Waals surface area contributed by atoms with Gasteiger partial charge in [-0.15, -0.1) is 0 Å². The van der Waals surface area contributed by atoms with Gasteiger partial charge in [-0.2, -0.15) is 0 Å². The van der Waals surface area contributed by atoms with Gasteiger partial charge in [0.25, 0.3) is 6.43 Å². The molecule has 0 unspecified atom stereocenters. The van der Waals surface area contributed by atoms with Crippen molar-refractivity contribution in [1.82, 2.24) is 10.2 Å². The lowest BCUT2D eigenvalue weighted by molar-refractivity contribution is 0.0182. The minimum Gasteiger partial charge on any atom is -0.314 e. The molecule has 0 spiro atoms. The van der Waals surface area contributed by atoms with Crippen molar-refractivity contribution in [3.8, 4) is 0 Å². The second-order valence-corrected chi connectivity index (χ2v) is 4.64. The van der Waals surface area contributed by atoms with Crippen LogP contribution in [-0.2, 0) is 0 Å². The summed E-state index contributed by atoms with van der Waals surface area (Å²) in [5.74, 6) is -0.517. The van der Waals surface area contributed by atoms with Crippen LogP contribution in [0.4, 0.5) is 13.2 Å². The molecule has 0 aromatic heterocycles. The molecule has 0 amide bonds. The Morgan fingerprint density at radius 2 is 1.89 bits per heavy atom. The molecule has 1 saturated heterocycles. The van der Waals surface area contributed by atoms with E-state index >= 15 is 0 Å². The van der Waals surface area contributed by atoms with Crippen molar-refractivity contribution in [2.45, 2.75) is 12.5 Å². The summed E-state index contributed by atoms with van der Waals surface area (Å²) in [6.07, 6.45) is -2.55. The SMILES string of the molecule is Fc1ccc([C@@H](C(F)F)N2CCNCC2)c(Cl)c1. The Kier molecular flexibility index (Phi) is 4.48. The van der Waals surface area contributed by atoms with E-state index in [9.17, 15) is 13.2 Å². The number of alkyl halides is 2. The molecule has 1 aromatic rings. The molecule has 2 rings (SSSR count). The molecule has 1 aliphatic rings. The third-order valence-electron chi connectivity index (χ3n) is 3.06. The first-order chi connectivity index (χ1) is 8.59. The van der Waals surface area contributed by atoms with Gasteiger partial charge in [0, 0.05) is 31.2 Å². The van der Waals surface area contributed by atoms with E-state index in [1.54, 1.807) is 4.90 Å². The number of nitrogens with one attached hydrogen (secondary N) is 1. The highest BCUT2D eigenvalue weighted by atomic mass is 35.5. The molecule has 1 aromatic carbocycles. The van der Waals surface area contributed by atoms with Gasteiger partial charge in [0.1, 0.15) is 5.82 Å². The van der Waals surface area contributed by atoms with Crippen molar-refractivity contribution in [2.75, 3.05) is 26.2 Å². The van der Waals surface area contributed by atoms with Gasteiger partial charge in [0.2, 0.25) is 0 Å². The molecule has 2 nitrogen and oxygen atoms in total. The average molecular weight is 279 g/mol. The van der Waals surface area contributed by atoms with Crippen LogP contribution in [0, 0.1) is 5.82 Å². The van der Waals surface area contributed by atoms with E-state index in [1.807, 2.05) is 0 Å². The molecule has 1 aliphatic heterocycles. The van der Waals surface area contributed by atoms with Gasteiger partial charge in [0.15, 0.2) is 0 Å². The monoisotopic (exact) mass is 278 g/mol. The summed E-state index contributed by atoms with van der Waals surface area (Å²) in [7, 11) is 0. The lowest BCUT2D eigenvalue weighted by atomic mass is 10.0. The third kappa shape index (κ3) is 2.96. The first-order valence-corrected chi connectivity index (χ1v) is 6.15. The average Bonchev–Trinajstić information content (AvgIpc) is 2.33. The number of piperazine rings is 1. The Balaban J connectivity index is 2.28. The number of nitrogens with zero attached hydrogens (tertiary/aromatic N) is 1. The highest BCUT2D eigenvalue weighted by Crippen LogP contribution is 2.33. The van der Waals surface area contributed by atoms with Gasteiger partial charge in [-0.25, -0.2) is 13.2 Å². The van der Waals surface area contributed by atoms with Crippen LogP contribution in [0.3, 0.4) is 0 Å². The molecular weight excluding hydrogens is 265 g/mol. The van der Waals surface area contributed by atoms with Crippen LogP contribution in [0.5, 0.6) is 0 Å². The number of benzene rings is 1. The second-order valence-electron chi connectivity index (χ2n) is 4.23. The van der Waals surface area contributed by atoms with Crippen molar-refractivity contribution in [3.63, 3.8) is 0 Å². The maximum atomic E-state index is 13.2. The number of rotatable bonds is 3. The molecule has 0 radical (unpaired) electrons. The van der Waals surface area contributed by atoms with Crippen LogP contribution in [0.15, 0.2) is 18.2 Å². The van der Waals surface area contributed by atoms with Crippen molar-refractivity contribution in [2.24, 2.45) is 0 Å². The van der Waals surface area contributed by atoms with Crippen molar-refractivity contribution in [1.29, 1.82) is 0 Å². The summed E-state index contributed by atoms with van der Waals surface area (Å²) >= 11 is 5.87. The van der Waals surface area contributed by atoms with Crippen molar-refractivity contribution < 1.29 is 13.2 Å². The zero-order valence-corrected chi connectivity index (χ0v) is 10.4. The van der Waals surface area contributed by atoms with Gasteiger partial charge >= 0.3 is 0 Å². The first kappa shape index (κ1) is 13.6. The first-order valence-electron chi connectivity index (χ1n) is 5.77. The third-order valence-corrected chi connectivity index (χ3v) is 3.39. The summed E-state index contributed by atoms with van der Waals surface area (Å²) in [6, 6.07) is 2.52. The lowest BCUT2D eigenvalue weighted by Crippen LogP contribution is -2.47. The fraction of sp³-hybridized carbons (Fsp3) is 0.500. The van der Waals surface area contributed by atoms with Crippen molar-refractivity contribution >= 4 is 11.6 Å². The molecule has 100 valence electrons. The van der Waals surface area contributed by atoms with Gasteiger partial charge in [-0.3, -0.25) is 4.90 Å². The van der Waals surface area contributed by atoms with Crippen LogP contribution < -0.4 is 5.32 Å². The summed E-state index contributed by atoms with van der Waals surface area (Å²) < 4.78 is 39.4. The minimum atomic E-state index is -2.55. The smallest absolute Gasteiger partial charge is 0.258 e. The normalized spacial score (nSPS) is 19.2. The Morgan fingerprint density at radius 3 is 2.44 bits per heavy atom. The van der Waals surface area contributed by atoms with Gasteiger partial charge in [-0.05, 0) is 17.7 Å². The Morgan fingerprint density at radius 1 is 1.22 bits per heavy atom. The number of hydrogen-bond donors (Lipinski definition) is 1. The zero-order valence-electron chi connectivity index (χ0n) is 9.67. The van der Waals surface area contributed by atoms with Crippen LogP contribution in [0.25, 0.3) is 0 Å². The summed E-state index contributed by atoms with van der Waals surface area (Å²) in [5.41, 5.74) is 0.287. The van der Waals surface area contributed by atoms with E-state index in [0.717, 1.165) is 6.07 Å². The maximum absolute atomic E-state index is 13.2.